The second-order valence-electron chi connectivity index (χ2n) is 7.39. The first kappa shape index (κ1) is 25.5. The van der Waals surface area contributed by atoms with Crippen LogP contribution < -0.4 is 24.8 Å². The van der Waals surface area contributed by atoms with Gasteiger partial charge in [0.2, 0.25) is 0 Å². The van der Waals surface area contributed by atoms with Gasteiger partial charge in [0.15, 0.2) is 0 Å². The minimum atomic E-state index is -2.07. The van der Waals surface area contributed by atoms with Crippen molar-refractivity contribution in [2.75, 3.05) is 0 Å². The van der Waals surface area contributed by atoms with Crippen LogP contribution in [-0.2, 0) is 18.6 Å². The summed E-state index contributed by atoms with van der Waals surface area (Å²) < 4.78 is 30.9. The third-order valence-electron chi connectivity index (χ3n) is 5.24. The van der Waals surface area contributed by atoms with Crippen molar-refractivity contribution in [1.29, 1.82) is 0 Å². The number of allylic oxidation sites excluding steroid dienone is 8. The first-order chi connectivity index (χ1) is 13.5. The molecule has 0 aliphatic heterocycles. The molecule has 0 unspecified atom stereocenters. The maximum absolute atomic E-state index is 13.9. The van der Waals surface area contributed by atoms with E-state index in [9.17, 15) is 8.78 Å². The SMILES string of the molecule is [CH3][Ge]([CH3])=[Zr+2]([C]1=C(c2cccc(F)c2)C=CC1)[C]1=C(c2cccc(F)c2)C=CC1.[Cl-].[Cl-]. The molecule has 30 heavy (non-hydrogen) atoms. The average molecular weight is 583 g/mol. The van der Waals surface area contributed by atoms with Crippen LogP contribution in [0.25, 0.3) is 11.1 Å². The molecule has 0 fully saturated rings. The molecule has 2 aliphatic carbocycles. The zero-order chi connectivity index (χ0) is 19.7. The first-order valence-corrected chi connectivity index (χ1v) is 23.6. The summed E-state index contributed by atoms with van der Waals surface area (Å²) in [6, 6.07) is 14.0. The van der Waals surface area contributed by atoms with E-state index in [0.29, 0.717) is 0 Å². The monoisotopic (exact) mass is 582 g/mol. The van der Waals surface area contributed by atoms with E-state index in [1.165, 1.54) is 23.3 Å². The van der Waals surface area contributed by atoms with Gasteiger partial charge in [-0.05, 0) is 0 Å². The van der Waals surface area contributed by atoms with Crippen molar-refractivity contribution in [3.05, 3.63) is 102 Å². The molecular weight excluding hydrogens is 561 g/mol. The molecule has 2 aliphatic rings. The van der Waals surface area contributed by atoms with Crippen molar-refractivity contribution in [2.24, 2.45) is 0 Å². The number of rotatable bonds is 4. The fraction of sp³-hybridized carbons (Fsp3) is 0.167. The average Bonchev–Trinajstić information content (AvgIpc) is 3.32. The summed E-state index contributed by atoms with van der Waals surface area (Å²) in [6.07, 6.45) is 10.9. The van der Waals surface area contributed by atoms with Crippen LogP contribution >= 0.6 is 0 Å². The Morgan fingerprint density at radius 1 is 0.733 bits per heavy atom. The summed E-state index contributed by atoms with van der Waals surface area (Å²) in [6.45, 7) is 0. The van der Waals surface area contributed by atoms with Crippen molar-refractivity contribution >= 4 is 21.1 Å². The van der Waals surface area contributed by atoms with Crippen molar-refractivity contribution in [3.63, 3.8) is 0 Å². The number of halogens is 4. The predicted octanol–water partition coefficient (Wildman–Crippen LogP) is 0.884. The maximum Gasteiger partial charge on any atom is -1.00 e. The van der Waals surface area contributed by atoms with Gasteiger partial charge in [-0.25, -0.2) is 0 Å². The van der Waals surface area contributed by atoms with Gasteiger partial charge in [0, 0.05) is 0 Å². The van der Waals surface area contributed by atoms with E-state index < -0.39 is 28.6 Å². The van der Waals surface area contributed by atoms with Crippen LogP contribution in [0.3, 0.4) is 0 Å². The third-order valence-corrected chi connectivity index (χ3v) is 32.9. The molecule has 154 valence electrons. The molecule has 2 aromatic rings. The summed E-state index contributed by atoms with van der Waals surface area (Å²) in [5.74, 6) is 4.61. The third kappa shape index (κ3) is 5.36. The minimum absolute atomic E-state index is 0. The fourth-order valence-corrected chi connectivity index (χ4v) is 32.9. The van der Waals surface area contributed by atoms with E-state index in [1.54, 1.807) is 30.8 Å². The first-order valence-electron chi connectivity index (χ1n) is 9.54. The second kappa shape index (κ2) is 11.2. The van der Waals surface area contributed by atoms with E-state index in [0.717, 1.165) is 24.0 Å². The molecular formula is C24H22Cl2F2GeZr. The van der Waals surface area contributed by atoms with Crippen LogP contribution in [0, 0.1) is 11.6 Å². The maximum atomic E-state index is 13.9. The zero-order valence-electron chi connectivity index (χ0n) is 16.9. The molecule has 0 radical (unpaired) electrons. The number of hydrogen-bond acceptors (Lipinski definition) is 0. The van der Waals surface area contributed by atoms with Gasteiger partial charge in [-0.2, -0.15) is 0 Å². The van der Waals surface area contributed by atoms with E-state index in [-0.39, 0.29) is 36.4 Å². The molecule has 2 aromatic carbocycles. The zero-order valence-corrected chi connectivity index (χ0v) is 22.9. The molecule has 0 saturated heterocycles. The summed E-state index contributed by atoms with van der Waals surface area (Å²) in [5.41, 5.74) is 4.50. The molecule has 6 heteroatoms. The fourth-order valence-electron chi connectivity index (χ4n) is 4.12. The molecule has 0 amide bonds. The van der Waals surface area contributed by atoms with E-state index in [2.05, 4.69) is 35.8 Å². The topological polar surface area (TPSA) is 0 Å². The molecule has 0 N–H and O–H groups in total. The summed E-state index contributed by atoms with van der Waals surface area (Å²) in [4.78, 5) is 0. The molecule has 0 heterocycles. The molecule has 0 saturated carbocycles. The van der Waals surface area contributed by atoms with Crippen LogP contribution in [-0.4, -0.2) is 9.98 Å². The summed E-state index contributed by atoms with van der Waals surface area (Å²) in [7, 11) is -1.23. The van der Waals surface area contributed by atoms with Crippen LogP contribution in [0.2, 0.25) is 11.5 Å². The van der Waals surface area contributed by atoms with Crippen LogP contribution in [0.15, 0.2) is 79.4 Å². The number of hydrogen-bond donors (Lipinski definition) is 0. The molecule has 4 rings (SSSR count). The van der Waals surface area contributed by atoms with Gasteiger partial charge in [0.25, 0.3) is 0 Å². The predicted molar refractivity (Wildman–Crippen MR) is 112 cm³/mol. The Hall–Kier alpha value is -0.734. The van der Waals surface area contributed by atoms with Gasteiger partial charge in [0.1, 0.15) is 0 Å². The Labute approximate surface area is 198 Å². The Kier molecular flexibility index (Phi) is 9.55. The second-order valence-corrected chi connectivity index (χ2v) is 35.4. The van der Waals surface area contributed by atoms with E-state index in [1.807, 2.05) is 12.1 Å². The normalized spacial score (nSPS) is 14.4. The Bertz CT molecular complexity index is 1030. The Morgan fingerprint density at radius 3 is 1.53 bits per heavy atom. The Morgan fingerprint density at radius 2 is 1.17 bits per heavy atom. The van der Waals surface area contributed by atoms with Crippen LogP contribution in [0.1, 0.15) is 24.0 Å². The molecule has 0 spiro atoms. The van der Waals surface area contributed by atoms with E-state index in [4.69, 9.17) is 0 Å². The molecule has 0 aromatic heterocycles. The summed E-state index contributed by atoms with van der Waals surface area (Å²) in [5, 5.41) is 0. The van der Waals surface area contributed by atoms with Gasteiger partial charge in [-0.3, -0.25) is 0 Å². The van der Waals surface area contributed by atoms with Crippen LogP contribution in [0.4, 0.5) is 8.78 Å². The van der Waals surface area contributed by atoms with Gasteiger partial charge in [-0.1, -0.05) is 0 Å². The van der Waals surface area contributed by atoms with Gasteiger partial charge in [-0.15, -0.1) is 0 Å². The van der Waals surface area contributed by atoms with Crippen molar-refractivity contribution in [2.45, 2.75) is 24.4 Å². The number of benzene rings is 2. The van der Waals surface area contributed by atoms with Crippen molar-refractivity contribution < 1.29 is 52.2 Å². The van der Waals surface area contributed by atoms with Gasteiger partial charge >= 0.3 is 175 Å². The Balaban J connectivity index is 0.00000160. The minimum Gasteiger partial charge on any atom is -1.00 e. The quantitative estimate of drug-likeness (QED) is 0.470. The molecule has 0 bridgehead atoms. The van der Waals surface area contributed by atoms with E-state index >= 15 is 0 Å². The molecule has 0 nitrogen and oxygen atoms in total. The standard InChI is InChI=1S/2C11H8F.C2H6Ge.2ClH.Zr/c2*12-11-7-3-6-10(8-11)9-4-1-2-5-9;1-3-2;;;/h2*1,3-4,6-8H,2H2;1-2H3;2*1H;/q;;;;;+2/p-2. The van der Waals surface area contributed by atoms with Gasteiger partial charge < -0.3 is 24.8 Å². The van der Waals surface area contributed by atoms with Gasteiger partial charge in [0.05, 0.1) is 0 Å². The van der Waals surface area contributed by atoms with Crippen molar-refractivity contribution in [1.82, 2.24) is 0 Å². The summed E-state index contributed by atoms with van der Waals surface area (Å²) >= 11 is -2.07. The largest absolute Gasteiger partial charge is 1.00 e. The van der Waals surface area contributed by atoms with Crippen molar-refractivity contribution in [3.8, 4) is 0 Å². The van der Waals surface area contributed by atoms with Crippen LogP contribution in [0.5, 0.6) is 0 Å². The smallest absolute Gasteiger partial charge is 1.00 e. The molecule has 0 atom stereocenters.